The van der Waals surface area contributed by atoms with Gasteiger partial charge in [-0.15, -0.1) is 0 Å². The lowest BCUT2D eigenvalue weighted by molar-refractivity contribution is 0.195. The fourth-order valence-electron chi connectivity index (χ4n) is 1.36. The Labute approximate surface area is 105 Å². The summed E-state index contributed by atoms with van der Waals surface area (Å²) in [5, 5.41) is 9.95. The molecule has 3 nitrogen and oxygen atoms in total. The Balaban J connectivity index is 2.99. The lowest BCUT2D eigenvalue weighted by atomic mass is 10.1. The highest BCUT2D eigenvalue weighted by Crippen LogP contribution is 2.27. The minimum absolute atomic E-state index is 0.00575. The smallest absolute Gasteiger partial charge is 0.165 e. The van der Waals surface area contributed by atoms with Crippen LogP contribution in [0.2, 0.25) is 0 Å². The maximum atomic E-state index is 11.6. The first kappa shape index (κ1) is 13.7. The van der Waals surface area contributed by atoms with Crippen molar-refractivity contribution >= 4 is 25.8 Å². The van der Waals surface area contributed by atoms with Gasteiger partial charge in [-0.25, -0.2) is 8.42 Å². The second-order valence-corrected chi connectivity index (χ2v) is 7.67. The van der Waals surface area contributed by atoms with E-state index in [-0.39, 0.29) is 5.75 Å². The van der Waals surface area contributed by atoms with E-state index < -0.39 is 20.1 Å². The van der Waals surface area contributed by atoms with Crippen LogP contribution in [0.1, 0.15) is 24.2 Å². The average molecular weight is 307 g/mol. The van der Waals surface area contributed by atoms with Gasteiger partial charge in [0.15, 0.2) is 9.84 Å². The summed E-state index contributed by atoms with van der Waals surface area (Å²) in [6, 6.07) is 7.20. The molecule has 0 fully saturated rings. The first-order valence-electron chi connectivity index (χ1n) is 4.98. The van der Waals surface area contributed by atoms with Crippen LogP contribution in [0.4, 0.5) is 0 Å². The fourth-order valence-corrected chi connectivity index (χ4v) is 3.33. The quantitative estimate of drug-likeness (QED) is 0.868. The molecule has 0 heterocycles. The van der Waals surface area contributed by atoms with Gasteiger partial charge in [-0.1, -0.05) is 52.7 Å². The van der Waals surface area contributed by atoms with Crippen molar-refractivity contribution in [2.24, 2.45) is 0 Å². The maximum absolute atomic E-state index is 11.6. The second-order valence-electron chi connectivity index (χ2n) is 3.66. The SMILES string of the molecule is CCS(=O)(=O)[C@H](Br)[C@@H](O)c1cccc(C)c1. The highest BCUT2D eigenvalue weighted by Gasteiger charge is 2.29. The van der Waals surface area contributed by atoms with E-state index in [0.29, 0.717) is 5.56 Å². The molecule has 0 saturated heterocycles. The third-order valence-corrected chi connectivity index (χ3v) is 6.34. The number of hydrogen-bond acceptors (Lipinski definition) is 3. The Hall–Kier alpha value is -0.390. The van der Waals surface area contributed by atoms with Crippen LogP contribution in [0.5, 0.6) is 0 Å². The molecule has 0 amide bonds. The van der Waals surface area contributed by atoms with Crippen LogP contribution < -0.4 is 0 Å². The fraction of sp³-hybridized carbons (Fsp3) is 0.455. The molecular formula is C11H15BrO3S. The molecule has 0 aliphatic carbocycles. The van der Waals surface area contributed by atoms with Crippen LogP contribution in [-0.2, 0) is 9.84 Å². The summed E-state index contributed by atoms with van der Waals surface area (Å²) in [5.74, 6) is 0.00575. The van der Waals surface area contributed by atoms with Crippen LogP contribution in [-0.4, -0.2) is 23.4 Å². The minimum atomic E-state index is -3.29. The van der Waals surface area contributed by atoms with Gasteiger partial charge in [0, 0.05) is 5.75 Å². The molecule has 90 valence electrons. The van der Waals surface area contributed by atoms with Gasteiger partial charge in [0.25, 0.3) is 0 Å². The number of aliphatic hydroxyl groups excluding tert-OH is 1. The number of aliphatic hydroxyl groups is 1. The molecule has 0 saturated carbocycles. The second kappa shape index (κ2) is 5.29. The van der Waals surface area contributed by atoms with Gasteiger partial charge in [-0.3, -0.25) is 0 Å². The van der Waals surface area contributed by atoms with E-state index in [1.54, 1.807) is 25.1 Å². The van der Waals surface area contributed by atoms with Crippen LogP contribution in [0.3, 0.4) is 0 Å². The summed E-state index contributed by atoms with van der Waals surface area (Å²) < 4.78 is 22.2. The molecule has 1 aromatic carbocycles. The van der Waals surface area contributed by atoms with Crippen molar-refractivity contribution < 1.29 is 13.5 Å². The first-order chi connectivity index (χ1) is 7.38. The number of benzene rings is 1. The van der Waals surface area contributed by atoms with Crippen molar-refractivity contribution in [3.63, 3.8) is 0 Å². The monoisotopic (exact) mass is 306 g/mol. The predicted octanol–water partition coefficient (Wildman–Crippen LogP) is 2.18. The minimum Gasteiger partial charge on any atom is -0.386 e. The Kier molecular flexibility index (Phi) is 4.52. The molecule has 0 aliphatic heterocycles. The van der Waals surface area contributed by atoms with Crippen LogP contribution in [0.25, 0.3) is 0 Å². The normalized spacial score (nSPS) is 15.8. The summed E-state index contributed by atoms with van der Waals surface area (Å²) in [7, 11) is -3.29. The molecule has 1 aromatic rings. The zero-order chi connectivity index (χ0) is 12.3. The predicted molar refractivity (Wildman–Crippen MR) is 68.3 cm³/mol. The van der Waals surface area contributed by atoms with E-state index in [4.69, 9.17) is 0 Å². The molecule has 0 aromatic heterocycles. The zero-order valence-corrected chi connectivity index (χ0v) is 11.6. The largest absolute Gasteiger partial charge is 0.386 e. The molecule has 0 bridgehead atoms. The number of aryl methyl sites for hydroxylation is 1. The van der Waals surface area contributed by atoms with Gasteiger partial charge in [0.1, 0.15) is 10.3 Å². The van der Waals surface area contributed by atoms with Gasteiger partial charge in [-0.2, -0.15) is 0 Å². The molecule has 2 atom stereocenters. The van der Waals surface area contributed by atoms with Crippen molar-refractivity contribution in [3.05, 3.63) is 35.4 Å². The third kappa shape index (κ3) is 3.06. The number of halogens is 1. The maximum Gasteiger partial charge on any atom is 0.165 e. The highest BCUT2D eigenvalue weighted by molar-refractivity contribution is 9.11. The highest BCUT2D eigenvalue weighted by atomic mass is 79.9. The topological polar surface area (TPSA) is 54.4 Å². The third-order valence-electron chi connectivity index (χ3n) is 2.38. The van der Waals surface area contributed by atoms with E-state index in [9.17, 15) is 13.5 Å². The molecule has 16 heavy (non-hydrogen) atoms. The van der Waals surface area contributed by atoms with Gasteiger partial charge in [0.2, 0.25) is 0 Å². The molecule has 0 unspecified atom stereocenters. The van der Waals surface area contributed by atoms with E-state index in [1.165, 1.54) is 0 Å². The summed E-state index contributed by atoms with van der Waals surface area (Å²) in [6.45, 7) is 3.46. The first-order valence-corrected chi connectivity index (χ1v) is 7.62. The van der Waals surface area contributed by atoms with E-state index in [1.807, 2.05) is 13.0 Å². The number of alkyl halides is 1. The van der Waals surface area contributed by atoms with E-state index >= 15 is 0 Å². The van der Waals surface area contributed by atoms with Crippen LogP contribution in [0, 0.1) is 6.92 Å². The van der Waals surface area contributed by atoms with Crippen LogP contribution >= 0.6 is 15.9 Å². The lowest BCUT2D eigenvalue weighted by Gasteiger charge is -2.17. The van der Waals surface area contributed by atoms with E-state index in [0.717, 1.165) is 5.56 Å². The summed E-state index contributed by atoms with van der Waals surface area (Å²) in [5.41, 5.74) is 1.60. The van der Waals surface area contributed by atoms with Gasteiger partial charge < -0.3 is 5.11 Å². The summed E-state index contributed by atoms with van der Waals surface area (Å²) >= 11 is 3.05. The number of sulfone groups is 1. The van der Waals surface area contributed by atoms with Crippen molar-refractivity contribution in [2.75, 3.05) is 5.75 Å². The number of rotatable bonds is 4. The molecule has 0 spiro atoms. The molecule has 5 heteroatoms. The zero-order valence-electron chi connectivity index (χ0n) is 9.22. The summed E-state index contributed by atoms with van der Waals surface area (Å²) in [6.07, 6.45) is -1.04. The lowest BCUT2D eigenvalue weighted by Crippen LogP contribution is -2.24. The Morgan fingerprint density at radius 1 is 1.44 bits per heavy atom. The molecule has 0 aliphatic rings. The Bertz CT molecular complexity index is 456. The van der Waals surface area contributed by atoms with Crippen molar-refractivity contribution in [1.82, 2.24) is 0 Å². The molecule has 1 N–H and O–H groups in total. The molecular weight excluding hydrogens is 292 g/mol. The molecule has 0 radical (unpaired) electrons. The molecule has 1 rings (SSSR count). The Morgan fingerprint density at radius 2 is 2.06 bits per heavy atom. The van der Waals surface area contributed by atoms with Gasteiger partial charge in [0.05, 0.1) is 0 Å². The van der Waals surface area contributed by atoms with Crippen molar-refractivity contribution in [2.45, 2.75) is 24.1 Å². The number of hydrogen-bond donors (Lipinski definition) is 1. The van der Waals surface area contributed by atoms with Crippen molar-refractivity contribution in [3.8, 4) is 0 Å². The van der Waals surface area contributed by atoms with Crippen LogP contribution in [0.15, 0.2) is 24.3 Å². The standard InChI is InChI=1S/C11H15BrO3S/c1-3-16(14,15)11(12)10(13)9-6-4-5-8(2)7-9/h4-7,10-11,13H,3H2,1-2H3/t10-,11-/m0/s1. The van der Waals surface area contributed by atoms with E-state index in [2.05, 4.69) is 15.9 Å². The van der Waals surface area contributed by atoms with Gasteiger partial charge >= 0.3 is 0 Å². The summed E-state index contributed by atoms with van der Waals surface area (Å²) in [4.78, 5) is 0. The van der Waals surface area contributed by atoms with Crippen molar-refractivity contribution in [1.29, 1.82) is 0 Å². The van der Waals surface area contributed by atoms with Gasteiger partial charge in [-0.05, 0) is 12.5 Å². The average Bonchev–Trinajstić information content (AvgIpc) is 2.27. The Morgan fingerprint density at radius 3 is 2.56 bits per heavy atom.